The van der Waals surface area contributed by atoms with Crippen molar-refractivity contribution in [1.82, 2.24) is 4.98 Å². The summed E-state index contributed by atoms with van der Waals surface area (Å²) < 4.78 is 39.3. The van der Waals surface area contributed by atoms with Crippen LogP contribution >= 0.6 is 0 Å². The molecule has 0 aliphatic carbocycles. The summed E-state index contributed by atoms with van der Waals surface area (Å²) in [6.45, 7) is 7.14. The zero-order valence-corrected chi connectivity index (χ0v) is 18.0. The zero-order chi connectivity index (χ0) is 23.1. The lowest BCUT2D eigenvalue weighted by molar-refractivity contribution is -0.131. The van der Waals surface area contributed by atoms with E-state index in [9.17, 15) is 18.4 Å². The van der Waals surface area contributed by atoms with Gasteiger partial charge in [-0.15, -0.1) is 0 Å². The second kappa shape index (κ2) is 8.22. The number of carbonyl (C=O) groups excluding carboxylic acids is 2. The molecule has 1 aliphatic rings. The quantitative estimate of drug-likeness (QED) is 0.753. The first-order valence-corrected chi connectivity index (χ1v) is 9.75. The highest BCUT2D eigenvalue weighted by atomic mass is 19.2. The molecule has 3 rings (SSSR count). The maximum absolute atomic E-state index is 14.4. The van der Waals surface area contributed by atoms with Gasteiger partial charge in [-0.25, -0.2) is 4.39 Å². The first-order chi connectivity index (χ1) is 14.5. The zero-order valence-electron chi connectivity index (χ0n) is 18.0. The maximum Gasteiger partial charge on any atom is 0.267 e. The van der Waals surface area contributed by atoms with E-state index in [4.69, 9.17) is 15.2 Å². The molecule has 0 bridgehead atoms. The molecule has 31 heavy (non-hydrogen) atoms. The second-order valence-electron chi connectivity index (χ2n) is 8.13. The first kappa shape index (κ1) is 22.6. The number of halogens is 2. The number of nitrogens with two attached hydrogens (primary N) is 1. The molecule has 1 aliphatic heterocycles. The number of hydrogen-bond donors (Lipinski definition) is 2. The van der Waals surface area contributed by atoms with E-state index >= 15 is 0 Å². The predicted molar refractivity (Wildman–Crippen MR) is 110 cm³/mol. The normalized spacial score (nSPS) is 22.2. The Morgan fingerprint density at radius 2 is 1.94 bits per heavy atom. The van der Waals surface area contributed by atoms with Crippen LogP contribution in [0.5, 0.6) is 5.75 Å². The summed E-state index contributed by atoms with van der Waals surface area (Å²) in [4.78, 5) is 28.7. The van der Waals surface area contributed by atoms with Crippen LogP contribution in [0, 0.1) is 24.5 Å². The molecule has 1 aromatic heterocycles. The number of hydrogen-bond acceptors (Lipinski definition) is 5. The minimum Gasteiger partial charge on any atom is -0.493 e. The van der Waals surface area contributed by atoms with Gasteiger partial charge in [0, 0.05) is 28.9 Å². The average molecular weight is 433 g/mol. The largest absolute Gasteiger partial charge is 0.493 e. The number of nitrogens with one attached hydrogen (secondary N) is 1. The monoisotopic (exact) mass is 433 g/mol. The fraction of sp³-hybridized carbons (Fsp3) is 0.409. The Balaban J connectivity index is 2.02. The van der Waals surface area contributed by atoms with E-state index in [-0.39, 0.29) is 17.4 Å². The first-order valence-electron chi connectivity index (χ1n) is 9.75. The van der Waals surface area contributed by atoms with E-state index in [1.165, 1.54) is 25.4 Å². The van der Waals surface area contributed by atoms with Crippen LogP contribution < -0.4 is 15.8 Å². The van der Waals surface area contributed by atoms with Crippen molar-refractivity contribution in [2.75, 3.05) is 12.4 Å². The molecule has 1 fully saturated rings. The lowest BCUT2D eigenvalue weighted by atomic mass is 9.78. The number of amides is 2. The van der Waals surface area contributed by atoms with Crippen LogP contribution in [0.25, 0.3) is 0 Å². The summed E-state index contributed by atoms with van der Waals surface area (Å²) in [5, 5.41) is 2.75. The van der Waals surface area contributed by atoms with E-state index in [0.29, 0.717) is 16.8 Å². The fourth-order valence-electron chi connectivity index (χ4n) is 3.99. The van der Waals surface area contributed by atoms with Crippen molar-refractivity contribution >= 4 is 17.5 Å². The molecule has 2 amide bonds. The molecule has 9 heteroatoms. The van der Waals surface area contributed by atoms with E-state index in [0.717, 1.165) is 6.07 Å². The lowest BCUT2D eigenvalue weighted by Gasteiger charge is -2.25. The summed E-state index contributed by atoms with van der Waals surface area (Å²) >= 11 is 0. The number of primary amides is 1. The van der Waals surface area contributed by atoms with E-state index in [2.05, 4.69) is 10.3 Å². The van der Waals surface area contributed by atoms with Gasteiger partial charge in [-0.1, -0.05) is 13.0 Å². The molecule has 3 atom stereocenters. The van der Waals surface area contributed by atoms with Crippen molar-refractivity contribution in [3.8, 4) is 5.75 Å². The molecule has 2 aromatic rings. The van der Waals surface area contributed by atoms with Gasteiger partial charge in [0.1, 0.15) is 11.8 Å². The smallest absolute Gasteiger partial charge is 0.267 e. The van der Waals surface area contributed by atoms with Gasteiger partial charge in [0.2, 0.25) is 5.82 Å². The standard InChI is InChI=1S/C22H25F2N3O4/c1-10-14(8-9-26-17(10)20(25)28)27-21(29)19-15(11(2)22(3,4)31-19)12-6-7-13(23)16(24)18(12)30-5/h6-9,11,15,19H,1-5H3,(H2,25,28)(H,26,27,29)/t11-,15-,19+/m0/s1. The summed E-state index contributed by atoms with van der Waals surface area (Å²) in [7, 11) is 1.24. The molecule has 0 radical (unpaired) electrons. The number of rotatable bonds is 5. The summed E-state index contributed by atoms with van der Waals surface area (Å²) in [5.74, 6) is -4.48. The Morgan fingerprint density at radius 1 is 1.26 bits per heavy atom. The van der Waals surface area contributed by atoms with Gasteiger partial charge >= 0.3 is 0 Å². The third-order valence-corrected chi connectivity index (χ3v) is 5.99. The Hall–Kier alpha value is -3.07. The fourth-order valence-corrected chi connectivity index (χ4v) is 3.99. The number of ether oxygens (including phenoxy) is 2. The van der Waals surface area contributed by atoms with Crippen LogP contribution in [-0.4, -0.2) is 35.6 Å². The molecular weight excluding hydrogens is 408 g/mol. The van der Waals surface area contributed by atoms with Crippen molar-refractivity contribution in [3.63, 3.8) is 0 Å². The highest BCUT2D eigenvalue weighted by molar-refractivity contribution is 5.99. The maximum atomic E-state index is 14.4. The van der Waals surface area contributed by atoms with Crippen LogP contribution in [0.4, 0.5) is 14.5 Å². The van der Waals surface area contributed by atoms with Crippen molar-refractivity contribution in [1.29, 1.82) is 0 Å². The SMILES string of the molecule is COc1c([C@H]2[C@H](C(=O)Nc3ccnc(C(N)=O)c3C)OC(C)(C)[C@H]2C)ccc(F)c1F. The van der Waals surface area contributed by atoms with Crippen LogP contribution in [-0.2, 0) is 9.53 Å². The highest BCUT2D eigenvalue weighted by Gasteiger charge is 2.51. The molecule has 1 saturated heterocycles. The van der Waals surface area contributed by atoms with Gasteiger partial charge in [0.15, 0.2) is 11.6 Å². The Labute approximate surface area is 178 Å². The second-order valence-corrected chi connectivity index (χ2v) is 8.13. The third-order valence-electron chi connectivity index (χ3n) is 5.99. The van der Waals surface area contributed by atoms with E-state index in [1.807, 2.05) is 20.8 Å². The topological polar surface area (TPSA) is 104 Å². The molecule has 166 valence electrons. The van der Waals surface area contributed by atoms with Crippen molar-refractivity contribution in [2.45, 2.75) is 45.3 Å². The van der Waals surface area contributed by atoms with Gasteiger partial charge < -0.3 is 20.5 Å². The van der Waals surface area contributed by atoms with Gasteiger partial charge in [-0.05, 0) is 38.8 Å². The summed E-state index contributed by atoms with van der Waals surface area (Å²) in [5.41, 5.74) is 5.74. The Bertz CT molecular complexity index is 1040. The van der Waals surface area contributed by atoms with Crippen LogP contribution in [0.15, 0.2) is 24.4 Å². The predicted octanol–water partition coefficient (Wildman–Crippen LogP) is 3.31. The van der Waals surface area contributed by atoms with Crippen molar-refractivity contribution in [2.24, 2.45) is 11.7 Å². The molecular formula is C22H25F2N3O4. The lowest BCUT2D eigenvalue weighted by Crippen LogP contribution is -2.33. The third kappa shape index (κ3) is 3.97. The number of pyridine rings is 1. The number of benzene rings is 1. The molecule has 0 spiro atoms. The summed E-state index contributed by atoms with van der Waals surface area (Å²) in [6.07, 6.45) is 0.342. The minimum atomic E-state index is -1.12. The molecule has 2 heterocycles. The Kier molecular flexibility index (Phi) is 6.00. The molecule has 3 N–H and O–H groups in total. The van der Waals surface area contributed by atoms with Crippen LogP contribution in [0.3, 0.4) is 0 Å². The highest BCUT2D eigenvalue weighted by Crippen LogP contribution is 2.49. The van der Waals surface area contributed by atoms with Crippen LogP contribution in [0.2, 0.25) is 0 Å². The number of methoxy groups -OCH3 is 1. The Morgan fingerprint density at radius 3 is 2.55 bits per heavy atom. The molecule has 0 unspecified atom stereocenters. The van der Waals surface area contributed by atoms with Crippen molar-refractivity contribution < 1.29 is 27.8 Å². The molecule has 0 saturated carbocycles. The van der Waals surface area contributed by atoms with Crippen molar-refractivity contribution in [3.05, 3.63) is 52.9 Å². The number of anilines is 1. The molecule has 1 aromatic carbocycles. The number of nitrogens with zero attached hydrogens (tertiary/aromatic N) is 1. The van der Waals surface area contributed by atoms with Gasteiger partial charge in [-0.2, -0.15) is 4.39 Å². The van der Waals surface area contributed by atoms with E-state index < -0.39 is 41.1 Å². The minimum absolute atomic E-state index is 0.0395. The number of carbonyl (C=O) groups is 2. The average Bonchev–Trinajstić information content (AvgIpc) is 2.94. The van der Waals surface area contributed by atoms with Crippen LogP contribution in [0.1, 0.15) is 48.3 Å². The van der Waals surface area contributed by atoms with Gasteiger partial charge in [0.05, 0.1) is 12.7 Å². The number of aromatic nitrogens is 1. The van der Waals surface area contributed by atoms with E-state index in [1.54, 1.807) is 6.92 Å². The van der Waals surface area contributed by atoms with Gasteiger partial charge in [0.25, 0.3) is 11.8 Å². The molecule has 7 nitrogen and oxygen atoms in total. The van der Waals surface area contributed by atoms with Gasteiger partial charge in [-0.3, -0.25) is 14.6 Å². The summed E-state index contributed by atoms with van der Waals surface area (Å²) in [6, 6.07) is 3.95.